The topological polar surface area (TPSA) is 66.9 Å². The number of amides is 4. The Morgan fingerprint density at radius 2 is 1.29 bits per heavy atom. The summed E-state index contributed by atoms with van der Waals surface area (Å²) in [5.41, 5.74) is 1.21. The summed E-state index contributed by atoms with van der Waals surface area (Å²) in [6, 6.07) is 21.6. The highest BCUT2D eigenvalue weighted by Gasteiger charge is 2.43. The zero-order valence-electron chi connectivity index (χ0n) is 16.5. The van der Waals surface area contributed by atoms with Gasteiger partial charge in [0.1, 0.15) is 11.3 Å². The molecule has 4 rings (SSSR count). The van der Waals surface area contributed by atoms with Crippen LogP contribution in [0.3, 0.4) is 0 Å². The molecule has 1 saturated heterocycles. The standard InChI is InChI=1S/C24H17BrN2O4/c1-31-20-13-16(12-17(25)15-20)14-21-22(28)26(18-8-4-2-5-9-18)24(30)27(23(21)29)19-10-6-3-7-11-19/h2-15H,1H3. The van der Waals surface area contributed by atoms with Gasteiger partial charge in [0.25, 0.3) is 11.8 Å². The first-order valence-electron chi connectivity index (χ1n) is 9.39. The average molecular weight is 477 g/mol. The molecule has 1 aliphatic heterocycles. The van der Waals surface area contributed by atoms with Gasteiger partial charge in [0.2, 0.25) is 0 Å². The van der Waals surface area contributed by atoms with Crippen LogP contribution in [0.25, 0.3) is 6.08 Å². The summed E-state index contributed by atoms with van der Waals surface area (Å²) < 4.78 is 6.00. The summed E-state index contributed by atoms with van der Waals surface area (Å²) in [4.78, 5) is 41.9. The van der Waals surface area contributed by atoms with Gasteiger partial charge in [-0.05, 0) is 54.1 Å². The first-order chi connectivity index (χ1) is 15.0. The van der Waals surface area contributed by atoms with Gasteiger partial charge in [0, 0.05) is 4.47 Å². The molecule has 0 saturated carbocycles. The molecule has 154 valence electrons. The molecule has 1 fully saturated rings. The Balaban J connectivity index is 1.87. The summed E-state index contributed by atoms with van der Waals surface area (Å²) in [5, 5.41) is 0. The van der Waals surface area contributed by atoms with Gasteiger partial charge in [0.15, 0.2) is 0 Å². The van der Waals surface area contributed by atoms with Crippen molar-refractivity contribution in [3.05, 3.63) is 94.5 Å². The molecule has 0 atom stereocenters. The number of urea groups is 1. The van der Waals surface area contributed by atoms with E-state index in [1.165, 1.54) is 13.2 Å². The van der Waals surface area contributed by atoms with Crippen molar-refractivity contribution in [1.29, 1.82) is 0 Å². The van der Waals surface area contributed by atoms with Crippen molar-refractivity contribution in [3.63, 3.8) is 0 Å². The van der Waals surface area contributed by atoms with Crippen molar-refractivity contribution in [2.75, 3.05) is 16.9 Å². The van der Waals surface area contributed by atoms with Gasteiger partial charge in [-0.1, -0.05) is 52.3 Å². The van der Waals surface area contributed by atoms with Crippen molar-refractivity contribution >= 4 is 51.2 Å². The Bertz CT molecular complexity index is 1130. The number of ether oxygens (including phenoxy) is 1. The fraction of sp³-hybridized carbons (Fsp3) is 0.0417. The van der Waals surface area contributed by atoms with Crippen LogP contribution in [-0.2, 0) is 9.59 Å². The third-order valence-electron chi connectivity index (χ3n) is 4.72. The molecule has 0 spiro atoms. The minimum atomic E-state index is -0.726. The van der Waals surface area contributed by atoms with E-state index >= 15 is 0 Å². The molecule has 1 aliphatic rings. The highest BCUT2D eigenvalue weighted by Crippen LogP contribution is 2.30. The number of halogens is 1. The Morgan fingerprint density at radius 3 is 1.77 bits per heavy atom. The number of para-hydroxylation sites is 2. The van der Waals surface area contributed by atoms with E-state index in [2.05, 4.69) is 15.9 Å². The third kappa shape index (κ3) is 4.00. The van der Waals surface area contributed by atoms with Crippen LogP contribution in [0.15, 0.2) is 88.9 Å². The number of nitrogens with zero attached hydrogens (tertiary/aromatic N) is 2. The lowest BCUT2D eigenvalue weighted by atomic mass is 10.0. The van der Waals surface area contributed by atoms with Gasteiger partial charge < -0.3 is 4.74 Å². The normalized spacial score (nSPS) is 14.1. The van der Waals surface area contributed by atoms with Gasteiger partial charge in [-0.25, -0.2) is 14.6 Å². The first-order valence-corrected chi connectivity index (χ1v) is 10.2. The lowest BCUT2D eigenvalue weighted by Crippen LogP contribution is -2.57. The molecule has 0 aliphatic carbocycles. The van der Waals surface area contributed by atoms with Crippen LogP contribution in [0.2, 0.25) is 0 Å². The molecule has 1 heterocycles. The molecular formula is C24H17BrN2O4. The predicted octanol–water partition coefficient (Wildman–Crippen LogP) is 5.04. The zero-order valence-corrected chi connectivity index (χ0v) is 18.1. The van der Waals surface area contributed by atoms with Crippen molar-refractivity contribution in [2.24, 2.45) is 0 Å². The molecule has 0 unspecified atom stereocenters. The number of methoxy groups -OCH3 is 1. The lowest BCUT2D eigenvalue weighted by molar-refractivity contribution is -0.121. The molecular weight excluding hydrogens is 460 g/mol. The maximum absolute atomic E-state index is 13.3. The molecule has 31 heavy (non-hydrogen) atoms. The summed E-state index contributed by atoms with van der Waals surface area (Å²) in [6.45, 7) is 0. The summed E-state index contributed by atoms with van der Waals surface area (Å²) >= 11 is 3.40. The van der Waals surface area contributed by atoms with Crippen LogP contribution >= 0.6 is 15.9 Å². The van der Waals surface area contributed by atoms with Crippen molar-refractivity contribution in [3.8, 4) is 5.75 Å². The summed E-state index contributed by atoms with van der Waals surface area (Å²) in [6.07, 6.45) is 1.47. The monoisotopic (exact) mass is 476 g/mol. The number of hydrogen-bond acceptors (Lipinski definition) is 4. The Kier molecular flexibility index (Phi) is 5.68. The van der Waals surface area contributed by atoms with Crippen LogP contribution in [0.5, 0.6) is 5.75 Å². The smallest absolute Gasteiger partial charge is 0.343 e. The molecule has 0 aromatic heterocycles. The molecule has 0 radical (unpaired) electrons. The highest BCUT2D eigenvalue weighted by atomic mass is 79.9. The van der Waals surface area contributed by atoms with E-state index < -0.39 is 17.8 Å². The first kappa shape index (κ1) is 20.6. The van der Waals surface area contributed by atoms with E-state index in [1.54, 1.807) is 78.9 Å². The average Bonchev–Trinajstić information content (AvgIpc) is 2.78. The number of anilines is 2. The predicted molar refractivity (Wildman–Crippen MR) is 122 cm³/mol. The van der Waals surface area contributed by atoms with Crippen molar-refractivity contribution in [2.45, 2.75) is 0 Å². The van der Waals surface area contributed by atoms with Gasteiger partial charge in [-0.3, -0.25) is 9.59 Å². The number of imide groups is 2. The van der Waals surface area contributed by atoms with Gasteiger partial charge in [0.05, 0.1) is 18.5 Å². The van der Waals surface area contributed by atoms with E-state index in [0.29, 0.717) is 22.7 Å². The van der Waals surface area contributed by atoms with E-state index in [-0.39, 0.29) is 5.57 Å². The van der Waals surface area contributed by atoms with Crippen LogP contribution < -0.4 is 14.5 Å². The minimum absolute atomic E-state index is 0.132. The zero-order chi connectivity index (χ0) is 22.0. The van der Waals surface area contributed by atoms with E-state index in [0.717, 1.165) is 14.3 Å². The minimum Gasteiger partial charge on any atom is -0.497 e. The summed E-state index contributed by atoms with van der Waals surface area (Å²) in [7, 11) is 1.53. The second kappa shape index (κ2) is 8.57. The van der Waals surface area contributed by atoms with Crippen LogP contribution in [-0.4, -0.2) is 25.0 Å². The Labute approximate surface area is 187 Å². The van der Waals surface area contributed by atoms with Crippen LogP contribution in [0.4, 0.5) is 16.2 Å². The molecule has 6 nitrogen and oxygen atoms in total. The molecule has 0 bridgehead atoms. The molecule has 7 heteroatoms. The number of barbiturate groups is 1. The third-order valence-corrected chi connectivity index (χ3v) is 5.18. The van der Waals surface area contributed by atoms with Crippen LogP contribution in [0.1, 0.15) is 5.56 Å². The number of carbonyl (C=O) groups is 3. The van der Waals surface area contributed by atoms with Crippen LogP contribution in [0, 0.1) is 0 Å². The van der Waals surface area contributed by atoms with Gasteiger partial charge in [-0.2, -0.15) is 0 Å². The molecule has 4 amide bonds. The fourth-order valence-corrected chi connectivity index (χ4v) is 3.78. The number of rotatable bonds is 4. The second-order valence-corrected chi connectivity index (χ2v) is 7.63. The SMILES string of the molecule is COc1cc(Br)cc(C=C2C(=O)N(c3ccccc3)C(=O)N(c3ccccc3)C2=O)c1. The number of benzene rings is 3. The van der Waals surface area contributed by atoms with E-state index in [9.17, 15) is 14.4 Å². The quantitative estimate of drug-likeness (QED) is 0.390. The molecule has 3 aromatic rings. The maximum Gasteiger partial charge on any atom is 0.343 e. The summed E-state index contributed by atoms with van der Waals surface area (Å²) in [5.74, 6) is -0.813. The number of carbonyl (C=O) groups excluding carboxylic acids is 3. The molecule has 0 N–H and O–H groups in total. The second-order valence-electron chi connectivity index (χ2n) is 6.72. The lowest BCUT2D eigenvalue weighted by Gasteiger charge is -2.33. The largest absolute Gasteiger partial charge is 0.497 e. The van der Waals surface area contributed by atoms with E-state index in [1.807, 2.05) is 0 Å². The van der Waals surface area contributed by atoms with Gasteiger partial charge in [-0.15, -0.1) is 0 Å². The fourth-order valence-electron chi connectivity index (χ4n) is 3.29. The number of hydrogen-bond donors (Lipinski definition) is 0. The van der Waals surface area contributed by atoms with Crippen molar-refractivity contribution in [1.82, 2.24) is 0 Å². The van der Waals surface area contributed by atoms with Crippen molar-refractivity contribution < 1.29 is 19.1 Å². The Hall–Kier alpha value is -3.71. The molecule has 3 aromatic carbocycles. The Morgan fingerprint density at radius 1 is 0.774 bits per heavy atom. The highest BCUT2D eigenvalue weighted by molar-refractivity contribution is 9.10. The van der Waals surface area contributed by atoms with Gasteiger partial charge >= 0.3 is 6.03 Å². The van der Waals surface area contributed by atoms with E-state index in [4.69, 9.17) is 4.74 Å². The maximum atomic E-state index is 13.3.